The summed E-state index contributed by atoms with van der Waals surface area (Å²) in [6, 6.07) is 49.5. The number of hydrogen-bond acceptors (Lipinski definition) is 0. The average Bonchev–Trinajstić information content (AvgIpc) is 3.22. The molecule has 0 atom stereocenters. The topological polar surface area (TPSA) is 0 Å². The molecule has 0 aromatic heterocycles. The highest BCUT2D eigenvalue weighted by Gasteiger charge is 2.35. The maximum atomic E-state index is 2.41. The van der Waals surface area contributed by atoms with Crippen LogP contribution in [0, 0.1) is 0 Å². The molecule has 8 rings (SSSR count). The van der Waals surface area contributed by atoms with Crippen molar-refractivity contribution in [1.29, 1.82) is 0 Å². The van der Waals surface area contributed by atoms with Gasteiger partial charge in [0.1, 0.15) is 0 Å². The molecule has 7 aromatic carbocycles. The van der Waals surface area contributed by atoms with E-state index in [0.29, 0.717) is 0 Å². The zero-order valence-corrected chi connectivity index (χ0v) is 22.2. The second-order valence-electron chi connectivity index (χ2n) is 11.4. The van der Waals surface area contributed by atoms with Crippen molar-refractivity contribution in [3.63, 3.8) is 0 Å². The fourth-order valence-electron chi connectivity index (χ4n) is 6.76. The quantitative estimate of drug-likeness (QED) is 0.209. The van der Waals surface area contributed by atoms with Crippen LogP contribution in [0.1, 0.15) is 25.0 Å². The maximum Gasteiger partial charge on any atom is 0.0159 e. The van der Waals surface area contributed by atoms with E-state index in [1.54, 1.807) is 0 Å². The van der Waals surface area contributed by atoms with Gasteiger partial charge in [-0.25, -0.2) is 0 Å². The SMILES string of the molecule is CC1(C)c2ccccc2-c2ccc(-c3cccc(-c4ccc5ccc6c7ccccc7ccc6c5c4)c3)cc21. The third kappa shape index (κ3) is 3.31. The number of benzene rings is 7. The molecule has 0 unspecified atom stereocenters. The van der Waals surface area contributed by atoms with Crippen molar-refractivity contribution in [2.45, 2.75) is 19.3 Å². The van der Waals surface area contributed by atoms with E-state index in [4.69, 9.17) is 0 Å². The van der Waals surface area contributed by atoms with Gasteiger partial charge in [0.2, 0.25) is 0 Å². The first-order valence-electron chi connectivity index (χ1n) is 13.8. The van der Waals surface area contributed by atoms with Gasteiger partial charge in [-0.3, -0.25) is 0 Å². The van der Waals surface area contributed by atoms with Crippen molar-refractivity contribution >= 4 is 32.3 Å². The van der Waals surface area contributed by atoms with Gasteiger partial charge in [-0.1, -0.05) is 129 Å². The van der Waals surface area contributed by atoms with Crippen LogP contribution in [0.25, 0.3) is 65.7 Å². The fourth-order valence-corrected chi connectivity index (χ4v) is 6.76. The monoisotopic (exact) mass is 496 g/mol. The third-order valence-electron chi connectivity index (χ3n) is 8.86. The molecule has 0 N–H and O–H groups in total. The van der Waals surface area contributed by atoms with E-state index in [0.717, 1.165) is 0 Å². The van der Waals surface area contributed by atoms with Crippen LogP contribution in [0.5, 0.6) is 0 Å². The summed E-state index contributed by atoms with van der Waals surface area (Å²) in [5.41, 5.74) is 10.6. The molecule has 7 aromatic rings. The second kappa shape index (κ2) is 8.16. The minimum absolute atomic E-state index is 0.00310. The Kier molecular flexibility index (Phi) is 4.67. The van der Waals surface area contributed by atoms with Crippen LogP contribution in [0.4, 0.5) is 0 Å². The van der Waals surface area contributed by atoms with E-state index in [1.165, 1.54) is 76.8 Å². The van der Waals surface area contributed by atoms with Gasteiger partial charge < -0.3 is 0 Å². The molecule has 39 heavy (non-hydrogen) atoms. The third-order valence-corrected chi connectivity index (χ3v) is 8.86. The molecule has 1 aliphatic rings. The van der Waals surface area contributed by atoms with Gasteiger partial charge in [-0.2, -0.15) is 0 Å². The summed E-state index contributed by atoms with van der Waals surface area (Å²) in [5.74, 6) is 0. The van der Waals surface area contributed by atoms with E-state index >= 15 is 0 Å². The van der Waals surface area contributed by atoms with Crippen LogP contribution in [0.2, 0.25) is 0 Å². The molecule has 0 spiro atoms. The van der Waals surface area contributed by atoms with Gasteiger partial charge in [0.05, 0.1) is 0 Å². The number of rotatable bonds is 2. The summed E-state index contributed by atoms with van der Waals surface area (Å²) in [6.45, 7) is 4.70. The normalized spacial score (nSPS) is 13.6. The Bertz CT molecular complexity index is 2090. The standard InChI is InChI=1S/C39H28/c1-39(2)37-13-6-5-12-34(37)35-21-18-30(24-38(35)39)28-10-7-9-27(22-28)29-15-14-26-17-19-32-31-11-4-3-8-25(31)16-20-33(32)36(26)23-29/h3-24H,1-2H3. The first kappa shape index (κ1) is 22.3. The van der Waals surface area contributed by atoms with Crippen molar-refractivity contribution in [1.82, 2.24) is 0 Å². The van der Waals surface area contributed by atoms with Gasteiger partial charge in [0.15, 0.2) is 0 Å². The Morgan fingerprint density at radius 3 is 1.79 bits per heavy atom. The van der Waals surface area contributed by atoms with Crippen LogP contribution < -0.4 is 0 Å². The molecule has 0 fully saturated rings. The summed E-state index contributed by atoms with van der Waals surface area (Å²) in [6.07, 6.45) is 0. The average molecular weight is 497 g/mol. The smallest absolute Gasteiger partial charge is 0.0159 e. The molecular weight excluding hydrogens is 468 g/mol. The lowest BCUT2D eigenvalue weighted by molar-refractivity contribution is 0.660. The lowest BCUT2D eigenvalue weighted by atomic mass is 9.81. The van der Waals surface area contributed by atoms with Gasteiger partial charge >= 0.3 is 0 Å². The Hall–Kier alpha value is -4.68. The maximum absolute atomic E-state index is 2.41. The molecule has 184 valence electrons. The fraction of sp³-hybridized carbons (Fsp3) is 0.0769. The first-order valence-corrected chi connectivity index (χ1v) is 13.8. The lowest BCUT2D eigenvalue weighted by Crippen LogP contribution is -2.14. The highest BCUT2D eigenvalue weighted by molar-refractivity contribution is 6.17. The molecule has 0 heterocycles. The Balaban J connectivity index is 1.25. The summed E-state index contributed by atoms with van der Waals surface area (Å²) >= 11 is 0. The van der Waals surface area contributed by atoms with Crippen molar-refractivity contribution in [3.05, 3.63) is 145 Å². The minimum atomic E-state index is 0.00310. The van der Waals surface area contributed by atoms with E-state index in [2.05, 4.69) is 147 Å². The van der Waals surface area contributed by atoms with Crippen molar-refractivity contribution in [2.24, 2.45) is 0 Å². The Labute approximate surface area is 229 Å². The van der Waals surface area contributed by atoms with Crippen LogP contribution in [-0.2, 0) is 5.41 Å². The lowest BCUT2D eigenvalue weighted by Gasteiger charge is -2.22. The van der Waals surface area contributed by atoms with Crippen LogP contribution >= 0.6 is 0 Å². The molecule has 0 heteroatoms. The molecule has 0 bridgehead atoms. The molecule has 1 aliphatic carbocycles. The van der Waals surface area contributed by atoms with Crippen molar-refractivity contribution in [3.8, 4) is 33.4 Å². The predicted molar refractivity (Wildman–Crippen MR) is 167 cm³/mol. The summed E-state index contributed by atoms with van der Waals surface area (Å²) < 4.78 is 0. The van der Waals surface area contributed by atoms with Crippen LogP contribution in [-0.4, -0.2) is 0 Å². The number of fused-ring (bicyclic) bond motifs is 8. The molecule has 0 aliphatic heterocycles. The van der Waals surface area contributed by atoms with E-state index in [9.17, 15) is 0 Å². The summed E-state index contributed by atoms with van der Waals surface area (Å²) in [7, 11) is 0. The highest BCUT2D eigenvalue weighted by Crippen LogP contribution is 2.49. The van der Waals surface area contributed by atoms with Gasteiger partial charge in [0, 0.05) is 5.41 Å². The van der Waals surface area contributed by atoms with Gasteiger partial charge in [0.25, 0.3) is 0 Å². The van der Waals surface area contributed by atoms with Gasteiger partial charge in [-0.15, -0.1) is 0 Å². The molecule has 0 nitrogen and oxygen atoms in total. The zero-order valence-electron chi connectivity index (χ0n) is 22.2. The molecule has 0 amide bonds. The summed E-state index contributed by atoms with van der Waals surface area (Å²) in [5, 5.41) is 7.80. The van der Waals surface area contributed by atoms with E-state index in [-0.39, 0.29) is 5.41 Å². The van der Waals surface area contributed by atoms with Crippen LogP contribution in [0.3, 0.4) is 0 Å². The largest absolute Gasteiger partial charge is 0.0619 e. The van der Waals surface area contributed by atoms with Crippen molar-refractivity contribution < 1.29 is 0 Å². The molecule has 0 saturated carbocycles. The zero-order chi connectivity index (χ0) is 26.1. The Morgan fingerprint density at radius 2 is 0.949 bits per heavy atom. The van der Waals surface area contributed by atoms with Gasteiger partial charge in [-0.05, 0) is 95.0 Å². The van der Waals surface area contributed by atoms with Crippen LogP contribution in [0.15, 0.2) is 133 Å². The predicted octanol–water partition coefficient (Wildman–Crippen LogP) is 10.8. The Morgan fingerprint density at radius 1 is 0.359 bits per heavy atom. The minimum Gasteiger partial charge on any atom is -0.0619 e. The highest BCUT2D eigenvalue weighted by atomic mass is 14.4. The van der Waals surface area contributed by atoms with E-state index < -0.39 is 0 Å². The molecular formula is C39H28. The van der Waals surface area contributed by atoms with E-state index in [1.807, 2.05) is 0 Å². The first-order chi connectivity index (χ1) is 19.1. The number of hydrogen-bond donors (Lipinski definition) is 0. The summed E-state index contributed by atoms with van der Waals surface area (Å²) in [4.78, 5) is 0. The molecule has 0 saturated heterocycles. The van der Waals surface area contributed by atoms with Crippen molar-refractivity contribution in [2.75, 3.05) is 0 Å². The molecule has 0 radical (unpaired) electrons. The second-order valence-corrected chi connectivity index (χ2v) is 11.4.